The maximum absolute atomic E-state index is 11.7. The smallest absolute Gasteiger partial charge is 0.382 e. The molecule has 0 aliphatic carbocycles. The van der Waals surface area contributed by atoms with Crippen molar-refractivity contribution in [2.75, 3.05) is 26.9 Å². The highest BCUT2D eigenvalue weighted by atomic mass is 16.5. The molecule has 1 heterocycles. The molecule has 0 unspecified atom stereocenters. The Hall–Kier alpha value is -1.92. The lowest BCUT2D eigenvalue weighted by Crippen LogP contribution is -2.26. The van der Waals surface area contributed by atoms with Crippen molar-refractivity contribution in [3.63, 3.8) is 0 Å². The van der Waals surface area contributed by atoms with Gasteiger partial charge in [-0.3, -0.25) is 4.57 Å². The molecule has 0 saturated carbocycles. The lowest BCUT2D eigenvalue weighted by atomic mass is 10.2. The van der Waals surface area contributed by atoms with Gasteiger partial charge in [0.1, 0.15) is 0 Å². The highest BCUT2D eigenvalue weighted by Gasteiger charge is 2.08. The molecule has 2 aromatic rings. The quantitative estimate of drug-likeness (QED) is 0.716. The van der Waals surface area contributed by atoms with Gasteiger partial charge >= 0.3 is 11.4 Å². The first-order chi connectivity index (χ1) is 9.24. The van der Waals surface area contributed by atoms with Crippen molar-refractivity contribution in [1.29, 1.82) is 0 Å². The molecule has 2 rings (SSSR count). The summed E-state index contributed by atoms with van der Waals surface area (Å²) in [6, 6.07) is 6.83. The van der Waals surface area contributed by atoms with E-state index in [0.29, 0.717) is 37.3 Å². The van der Waals surface area contributed by atoms with Crippen LogP contribution in [0.2, 0.25) is 0 Å². The summed E-state index contributed by atoms with van der Waals surface area (Å²) in [6.07, 6.45) is 0. The van der Waals surface area contributed by atoms with E-state index in [2.05, 4.69) is 4.42 Å². The van der Waals surface area contributed by atoms with Crippen molar-refractivity contribution >= 4 is 10.9 Å². The maximum atomic E-state index is 11.7. The van der Waals surface area contributed by atoms with Gasteiger partial charge in [-0.05, 0) is 12.1 Å². The van der Waals surface area contributed by atoms with E-state index in [0.717, 1.165) is 0 Å². The van der Waals surface area contributed by atoms with E-state index >= 15 is 0 Å². The van der Waals surface area contributed by atoms with Gasteiger partial charge in [-0.15, -0.1) is 0 Å². The molecule has 102 valence electrons. The molecular formula is C13H15NO5. The number of aromatic nitrogens is 1. The summed E-state index contributed by atoms with van der Waals surface area (Å²) < 4.78 is 16.2. The molecule has 0 aliphatic heterocycles. The van der Waals surface area contributed by atoms with Gasteiger partial charge in [-0.2, -0.15) is 0 Å². The third-order valence-electron chi connectivity index (χ3n) is 2.71. The molecule has 6 heteroatoms. The fourth-order valence-electron chi connectivity index (χ4n) is 1.78. The van der Waals surface area contributed by atoms with Crippen molar-refractivity contribution in [2.45, 2.75) is 6.54 Å². The molecule has 0 fully saturated rings. The first-order valence-electron chi connectivity index (χ1n) is 5.93. The van der Waals surface area contributed by atoms with Crippen molar-refractivity contribution in [3.05, 3.63) is 45.2 Å². The number of hydrogen-bond donors (Lipinski definition) is 0. The number of hydrogen-bond acceptors (Lipinski definition) is 5. The van der Waals surface area contributed by atoms with Crippen LogP contribution in [0, 0.1) is 0 Å². The zero-order valence-electron chi connectivity index (χ0n) is 10.6. The lowest BCUT2D eigenvalue weighted by Gasteiger charge is -2.08. The second-order valence-corrected chi connectivity index (χ2v) is 3.93. The van der Waals surface area contributed by atoms with Crippen LogP contribution in [0.5, 0.6) is 0 Å². The zero-order valence-corrected chi connectivity index (χ0v) is 10.6. The summed E-state index contributed by atoms with van der Waals surface area (Å²) in [4.78, 5) is 23.2. The molecule has 0 atom stereocenters. The van der Waals surface area contributed by atoms with E-state index in [9.17, 15) is 9.59 Å². The standard InChI is InChI=1S/C13H15NO5/c1-17-8-9-18-7-6-14-11-5-3-2-4-10(11)12(15)19-13(14)16/h2-5H,6-9H2,1H3. The van der Waals surface area contributed by atoms with E-state index in [-0.39, 0.29) is 0 Å². The molecule has 0 aliphatic rings. The molecule has 0 spiro atoms. The lowest BCUT2D eigenvalue weighted by molar-refractivity contribution is 0.0659. The van der Waals surface area contributed by atoms with Crippen LogP contribution in [0.3, 0.4) is 0 Å². The molecule has 0 bridgehead atoms. The van der Waals surface area contributed by atoms with Crippen molar-refractivity contribution in [3.8, 4) is 0 Å². The van der Waals surface area contributed by atoms with Crippen LogP contribution in [0.4, 0.5) is 0 Å². The average Bonchev–Trinajstić information content (AvgIpc) is 2.42. The molecule has 6 nitrogen and oxygen atoms in total. The van der Waals surface area contributed by atoms with Gasteiger partial charge in [0.2, 0.25) is 0 Å². The predicted octanol–water partition coefficient (Wildman–Crippen LogP) is 0.618. The van der Waals surface area contributed by atoms with Crippen LogP contribution in [-0.4, -0.2) is 31.5 Å². The molecule has 0 amide bonds. The SMILES string of the molecule is COCCOCCn1c(=O)oc(=O)c2ccccc21. The summed E-state index contributed by atoms with van der Waals surface area (Å²) in [5.74, 6) is -0.668. The van der Waals surface area contributed by atoms with E-state index < -0.39 is 11.4 Å². The normalized spacial score (nSPS) is 11.0. The highest BCUT2D eigenvalue weighted by Crippen LogP contribution is 2.06. The fourth-order valence-corrected chi connectivity index (χ4v) is 1.78. The Balaban J connectivity index is 2.23. The number of benzene rings is 1. The van der Waals surface area contributed by atoms with Gasteiger partial charge in [0, 0.05) is 7.11 Å². The summed E-state index contributed by atoms with van der Waals surface area (Å²) in [7, 11) is 1.59. The Bertz CT molecular complexity index is 658. The van der Waals surface area contributed by atoms with Gasteiger partial charge in [-0.1, -0.05) is 12.1 Å². The van der Waals surface area contributed by atoms with E-state index in [4.69, 9.17) is 9.47 Å². The molecular weight excluding hydrogens is 250 g/mol. The Kier molecular flexibility index (Phi) is 4.48. The number of rotatable bonds is 6. The van der Waals surface area contributed by atoms with E-state index in [1.54, 1.807) is 31.4 Å². The maximum Gasteiger partial charge on any atom is 0.422 e. The largest absolute Gasteiger partial charge is 0.422 e. The van der Waals surface area contributed by atoms with Gasteiger partial charge in [0.15, 0.2) is 0 Å². The van der Waals surface area contributed by atoms with Gasteiger partial charge < -0.3 is 13.9 Å². The monoisotopic (exact) mass is 265 g/mol. The number of ether oxygens (including phenoxy) is 2. The highest BCUT2D eigenvalue weighted by molar-refractivity contribution is 5.77. The topological polar surface area (TPSA) is 70.7 Å². The first kappa shape index (κ1) is 13.5. The molecule has 0 saturated heterocycles. The van der Waals surface area contributed by atoms with Crippen LogP contribution in [0.25, 0.3) is 10.9 Å². The van der Waals surface area contributed by atoms with Gasteiger partial charge in [0.25, 0.3) is 0 Å². The second-order valence-electron chi connectivity index (χ2n) is 3.93. The number of nitrogens with zero attached hydrogens (tertiary/aromatic N) is 1. The molecule has 1 aromatic heterocycles. The van der Waals surface area contributed by atoms with Crippen LogP contribution >= 0.6 is 0 Å². The van der Waals surface area contributed by atoms with Crippen LogP contribution < -0.4 is 11.4 Å². The number of fused-ring (bicyclic) bond motifs is 1. The zero-order chi connectivity index (χ0) is 13.7. The Morgan fingerprint density at radius 3 is 2.74 bits per heavy atom. The number of methoxy groups -OCH3 is 1. The van der Waals surface area contributed by atoms with Gasteiger partial charge in [-0.25, -0.2) is 9.59 Å². The first-order valence-corrected chi connectivity index (χ1v) is 5.93. The van der Waals surface area contributed by atoms with E-state index in [1.165, 1.54) is 4.57 Å². The third-order valence-corrected chi connectivity index (χ3v) is 2.71. The Labute approximate surface area is 109 Å². The van der Waals surface area contributed by atoms with Crippen LogP contribution in [0.1, 0.15) is 0 Å². The molecule has 0 N–H and O–H groups in total. The molecule has 19 heavy (non-hydrogen) atoms. The summed E-state index contributed by atoms with van der Waals surface area (Å²) in [5, 5.41) is 0.388. The molecule has 0 radical (unpaired) electrons. The van der Waals surface area contributed by atoms with Crippen molar-refractivity contribution in [1.82, 2.24) is 4.57 Å². The minimum atomic E-state index is -0.668. The number of para-hydroxylation sites is 1. The minimum Gasteiger partial charge on any atom is -0.382 e. The minimum absolute atomic E-state index is 0.326. The summed E-state index contributed by atoms with van der Waals surface area (Å²) in [6.45, 7) is 1.63. The van der Waals surface area contributed by atoms with Gasteiger partial charge in [0.05, 0.1) is 37.3 Å². The average molecular weight is 265 g/mol. The Morgan fingerprint density at radius 1 is 1.16 bits per heavy atom. The predicted molar refractivity (Wildman–Crippen MR) is 69.4 cm³/mol. The molecule has 1 aromatic carbocycles. The van der Waals surface area contributed by atoms with Crippen LogP contribution in [-0.2, 0) is 16.0 Å². The third kappa shape index (κ3) is 3.10. The summed E-state index contributed by atoms with van der Waals surface area (Å²) >= 11 is 0. The second kappa shape index (κ2) is 6.31. The van der Waals surface area contributed by atoms with Crippen molar-refractivity contribution < 1.29 is 13.9 Å². The van der Waals surface area contributed by atoms with E-state index in [1.807, 2.05) is 0 Å². The summed E-state index contributed by atoms with van der Waals surface area (Å²) in [5.41, 5.74) is -0.0590. The Morgan fingerprint density at radius 2 is 1.95 bits per heavy atom. The van der Waals surface area contributed by atoms with Crippen molar-refractivity contribution in [2.24, 2.45) is 0 Å². The fraction of sp³-hybridized carbons (Fsp3) is 0.385. The van der Waals surface area contributed by atoms with Crippen LogP contribution in [0.15, 0.2) is 38.3 Å².